The molecule has 6 nitrogen and oxygen atoms in total. The van der Waals surface area contributed by atoms with E-state index in [4.69, 9.17) is 0 Å². The highest BCUT2D eigenvalue weighted by Crippen LogP contribution is 2.09. The van der Waals surface area contributed by atoms with Crippen molar-refractivity contribution < 1.29 is 9.59 Å². The monoisotopic (exact) mass is 262 g/mol. The third-order valence-electron chi connectivity index (χ3n) is 3.15. The van der Waals surface area contributed by atoms with Crippen molar-refractivity contribution in [3.8, 4) is 0 Å². The molecule has 6 heteroatoms. The Morgan fingerprint density at radius 2 is 2.21 bits per heavy atom. The second-order valence-corrected chi connectivity index (χ2v) is 4.57. The van der Waals surface area contributed by atoms with E-state index in [0.29, 0.717) is 25.2 Å². The van der Waals surface area contributed by atoms with Crippen molar-refractivity contribution in [1.82, 2.24) is 14.8 Å². The van der Waals surface area contributed by atoms with Crippen molar-refractivity contribution in [3.05, 3.63) is 24.5 Å². The topological polar surface area (TPSA) is 65.5 Å². The van der Waals surface area contributed by atoms with Gasteiger partial charge in [0.2, 0.25) is 5.91 Å². The van der Waals surface area contributed by atoms with E-state index in [1.807, 2.05) is 0 Å². The Morgan fingerprint density at radius 1 is 1.47 bits per heavy atom. The third kappa shape index (κ3) is 3.67. The molecule has 1 saturated heterocycles. The van der Waals surface area contributed by atoms with Crippen molar-refractivity contribution in [3.63, 3.8) is 0 Å². The fourth-order valence-electron chi connectivity index (χ4n) is 1.97. The first-order valence-corrected chi connectivity index (χ1v) is 6.37. The molecule has 102 valence electrons. The van der Waals surface area contributed by atoms with Gasteiger partial charge in [-0.3, -0.25) is 9.78 Å². The van der Waals surface area contributed by atoms with Crippen molar-refractivity contribution >= 4 is 17.6 Å². The van der Waals surface area contributed by atoms with Crippen LogP contribution in [0.15, 0.2) is 24.5 Å². The van der Waals surface area contributed by atoms with Gasteiger partial charge in [-0.25, -0.2) is 4.79 Å². The maximum absolute atomic E-state index is 11.9. The third-order valence-corrected chi connectivity index (χ3v) is 3.15. The average molecular weight is 262 g/mol. The van der Waals surface area contributed by atoms with Gasteiger partial charge in [0, 0.05) is 51.2 Å². The molecular formula is C13H18N4O2. The van der Waals surface area contributed by atoms with E-state index in [0.717, 1.165) is 13.0 Å². The Morgan fingerprint density at radius 3 is 2.84 bits per heavy atom. The number of hydrogen-bond acceptors (Lipinski definition) is 3. The number of urea groups is 1. The van der Waals surface area contributed by atoms with E-state index in [2.05, 4.69) is 10.3 Å². The van der Waals surface area contributed by atoms with Gasteiger partial charge in [0.05, 0.1) is 0 Å². The van der Waals surface area contributed by atoms with Gasteiger partial charge in [0.25, 0.3) is 0 Å². The summed E-state index contributed by atoms with van der Waals surface area (Å²) in [5.41, 5.74) is 0.712. The van der Waals surface area contributed by atoms with Crippen LogP contribution in [0.4, 0.5) is 10.5 Å². The molecule has 0 unspecified atom stereocenters. The quantitative estimate of drug-likeness (QED) is 0.885. The highest BCUT2D eigenvalue weighted by molar-refractivity contribution is 5.89. The summed E-state index contributed by atoms with van der Waals surface area (Å²) in [6, 6.07) is 3.28. The largest absolute Gasteiger partial charge is 0.341 e. The minimum Gasteiger partial charge on any atom is -0.341 e. The standard InChI is InChI=1S/C13H18N4O2/c1-16(9-10-17-8-2-3-12(17)18)13(19)15-11-4-6-14-7-5-11/h4-7H,2-3,8-10H2,1H3,(H,14,15,19). The maximum atomic E-state index is 11.9. The van der Waals surface area contributed by atoms with E-state index >= 15 is 0 Å². The molecule has 1 aliphatic heterocycles. The number of carbonyl (C=O) groups is 2. The zero-order valence-electron chi connectivity index (χ0n) is 11.0. The van der Waals surface area contributed by atoms with Crippen LogP contribution in [0.3, 0.4) is 0 Å². The minimum atomic E-state index is -0.183. The van der Waals surface area contributed by atoms with E-state index in [-0.39, 0.29) is 11.9 Å². The Hall–Kier alpha value is -2.11. The lowest BCUT2D eigenvalue weighted by atomic mass is 10.4. The zero-order valence-corrected chi connectivity index (χ0v) is 11.0. The molecular weight excluding hydrogens is 244 g/mol. The van der Waals surface area contributed by atoms with Gasteiger partial charge in [0.15, 0.2) is 0 Å². The van der Waals surface area contributed by atoms with Crippen molar-refractivity contribution in [2.75, 3.05) is 32.0 Å². The number of aromatic nitrogens is 1. The van der Waals surface area contributed by atoms with Crippen molar-refractivity contribution in [1.29, 1.82) is 0 Å². The van der Waals surface area contributed by atoms with Crippen LogP contribution in [-0.2, 0) is 4.79 Å². The lowest BCUT2D eigenvalue weighted by Gasteiger charge is -2.22. The maximum Gasteiger partial charge on any atom is 0.321 e. The predicted octanol–water partition coefficient (Wildman–Crippen LogP) is 1.17. The molecule has 1 fully saturated rings. The number of hydrogen-bond donors (Lipinski definition) is 1. The summed E-state index contributed by atoms with van der Waals surface area (Å²) in [5, 5.41) is 2.77. The van der Waals surface area contributed by atoms with Crippen LogP contribution in [0.2, 0.25) is 0 Å². The lowest BCUT2D eigenvalue weighted by Crippen LogP contribution is -2.38. The molecule has 2 rings (SSSR count). The number of likely N-dealkylation sites (tertiary alicyclic amines) is 1. The fourth-order valence-corrected chi connectivity index (χ4v) is 1.97. The van der Waals surface area contributed by atoms with E-state index in [9.17, 15) is 9.59 Å². The van der Waals surface area contributed by atoms with Crippen molar-refractivity contribution in [2.45, 2.75) is 12.8 Å². The highest BCUT2D eigenvalue weighted by Gasteiger charge is 2.20. The Labute approximate surface area is 112 Å². The van der Waals surface area contributed by atoms with Gasteiger partial charge in [-0.1, -0.05) is 0 Å². The molecule has 0 aliphatic carbocycles. The number of anilines is 1. The van der Waals surface area contributed by atoms with Gasteiger partial charge < -0.3 is 15.1 Å². The van der Waals surface area contributed by atoms with Crippen LogP contribution in [0, 0.1) is 0 Å². The molecule has 0 spiro atoms. The molecule has 3 amide bonds. The Balaban J connectivity index is 1.78. The number of nitrogens with zero attached hydrogens (tertiary/aromatic N) is 3. The zero-order chi connectivity index (χ0) is 13.7. The predicted molar refractivity (Wildman–Crippen MR) is 71.7 cm³/mol. The second kappa shape index (κ2) is 6.17. The molecule has 19 heavy (non-hydrogen) atoms. The summed E-state index contributed by atoms with van der Waals surface area (Å²) in [7, 11) is 1.72. The average Bonchev–Trinajstić information content (AvgIpc) is 2.82. The van der Waals surface area contributed by atoms with Crippen LogP contribution < -0.4 is 5.32 Å². The summed E-state index contributed by atoms with van der Waals surface area (Å²) in [6.07, 6.45) is 4.80. The van der Waals surface area contributed by atoms with Crippen LogP contribution >= 0.6 is 0 Å². The number of pyridine rings is 1. The molecule has 1 aromatic rings. The molecule has 1 aromatic heterocycles. The molecule has 0 saturated carbocycles. The van der Waals surface area contributed by atoms with E-state index in [1.165, 1.54) is 0 Å². The summed E-state index contributed by atoms with van der Waals surface area (Å²) in [4.78, 5) is 30.6. The van der Waals surface area contributed by atoms with E-state index in [1.54, 1.807) is 41.4 Å². The summed E-state index contributed by atoms with van der Waals surface area (Å²) < 4.78 is 0. The molecule has 0 bridgehead atoms. The molecule has 1 aliphatic rings. The number of nitrogens with one attached hydrogen (secondary N) is 1. The van der Waals surface area contributed by atoms with Gasteiger partial charge in [0.1, 0.15) is 0 Å². The number of rotatable bonds is 4. The number of likely N-dealkylation sites (N-methyl/N-ethyl adjacent to an activating group) is 1. The van der Waals surface area contributed by atoms with Gasteiger partial charge in [-0.05, 0) is 18.6 Å². The Kier molecular flexibility index (Phi) is 4.33. The van der Waals surface area contributed by atoms with E-state index < -0.39 is 0 Å². The summed E-state index contributed by atoms with van der Waals surface area (Å²) in [6.45, 7) is 1.93. The molecule has 1 N–H and O–H groups in total. The minimum absolute atomic E-state index is 0.183. The molecule has 0 atom stereocenters. The SMILES string of the molecule is CN(CCN1CCCC1=O)C(=O)Nc1ccncc1. The van der Waals surface area contributed by atoms with Crippen LogP contribution in [0.25, 0.3) is 0 Å². The van der Waals surface area contributed by atoms with Gasteiger partial charge >= 0.3 is 6.03 Å². The first kappa shape index (κ1) is 13.3. The normalized spacial score (nSPS) is 14.6. The lowest BCUT2D eigenvalue weighted by molar-refractivity contribution is -0.127. The molecule has 0 radical (unpaired) electrons. The van der Waals surface area contributed by atoms with Crippen LogP contribution in [0.1, 0.15) is 12.8 Å². The van der Waals surface area contributed by atoms with Gasteiger partial charge in [-0.2, -0.15) is 0 Å². The first-order chi connectivity index (χ1) is 9.16. The van der Waals surface area contributed by atoms with Gasteiger partial charge in [-0.15, -0.1) is 0 Å². The van der Waals surface area contributed by atoms with Crippen LogP contribution in [0.5, 0.6) is 0 Å². The number of amides is 3. The molecule has 0 aromatic carbocycles. The number of carbonyl (C=O) groups excluding carboxylic acids is 2. The summed E-state index contributed by atoms with van der Waals surface area (Å²) >= 11 is 0. The van der Waals surface area contributed by atoms with Crippen molar-refractivity contribution in [2.24, 2.45) is 0 Å². The highest BCUT2D eigenvalue weighted by atomic mass is 16.2. The summed E-state index contributed by atoms with van der Waals surface area (Å²) in [5.74, 6) is 0.183. The Bertz CT molecular complexity index is 449. The second-order valence-electron chi connectivity index (χ2n) is 4.57. The first-order valence-electron chi connectivity index (χ1n) is 6.37. The smallest absolute Gasteiger partial charge is 0.321 e. The molecule has 2 heterocycles. The fraction of sp³-hybridized carbons (Fsp3) is 0.462. The van der Waals surface area contributed by atoms with Crippen LogP contribution in [-0.4, -0.2) is 53.4 Å².